The Morgan fingerprint density at radius 2 is 2.10 bits per heavy atom. The maximum absolute atomic E-state index is 5.91. The minimum Gasteiger partial charge on any atom is -0.461 e. The van der Waals surface area contributed by atoms with E-state index in [1.165, 1.54) is 15.8 Å². The van der Waals surface area contributed by atoms with Gasteiger partial charge < -0.3 is 9.73 Å². The number of aryl methyl sites for hydroxylation is 2. The van der Waals surface area contributed by atoms with Crippen molar-refractivity contribution in [2.45, 2.75) is 33.4 Å². The van der Waals surface area contributed by atoms with Crippen LogP contribution in [-0.4, -0.2) is 4.98 Å². The maximum atomic E-state index is 5.91. The number of hydrogen-bond acceptors (Lipinski definition) is 4. The summed E-state index contributed by atoms with van der Waals surface area (Å²) in [4.78, 5) is 5.55. The van der Waals surface area contributed by atoms with Gasteiger partial charge in [0.05, 0.1) is 5.01 Å². The predicted octanol–water partition coefficient (Wildman–Crippen LogP) is 4.05. The molecule has 4 heteroatoms. The first-order valence-electron chi connectivity index (χ1n) is 6.89. The first kappa shape index (κ1) is 13.3. The summed E-state index contributed by atoms with van der Waals surface area (Å²) >= 11 is 1.74. The van der Waals surface area contributed by atoms with Gasteiger partial charge in [0.1, 0.15) is 11.3 Å². The average molecular weight is 286 g/mol. The Morgan fingerprint density at radius 3 is 2.85 bits per heavy atom. The highest BCUT2D eigenvalue weighted by molar-refractivity contribution is 7.11. The molecule has 2 heterocycles. The third-order valence-corrected chi connectivity index (χ3v) is 4.29. The van der Waals surface area contributed by atoms with E-state index in [0.29, 0.717) is 0 Å². The number of nitrogens with zero attached hydrogens (tertiary/aromatic N) is 1. The van der Waals surface area contributed by atoms with Crippen LogP contribution in [0.3, 0.4) is 0 Å². The topological polar surface area (TPSA) is 38.1 Å². The third-order valence-electron chi connectivity index (χ3n) is 3.37. The molecule has 0 bridgehead atoms. The first-order chi connectivity index (χ1) is 9.78. The van der Waals surface area contributed by atoms with E-state index in [9.17, 15) is 0 Å². The van der Waals surface area contributed by atoms with Crippen LogP contribution in [0.1, 0.15) is 28.1 Å². The molecule has 0 saturated carbocycles. The van der Waals surface area contributed by atoms with Gasteiger partial charge in [0, 0.05) is 41.5 Å². The van der Waals surface area contributed by atoms with E-state index in [1.807, 2.05) is 25.3 Å². The summed E-state index contributed by atoms with van der Waals surface area (Å²) in [5, 5.41) is 5.83. The van der Waals surface area contributed by atoms with E-state index in [0.717, 1.165) is 35.9 Å². The zero-order chi connectivity index (χ0) is 13.9. The lowest BCUT2D eigenvalue weighted by atomic mass is 10.1. The minimum absolute atomic E-state index is 0.830. The molecule has 1 aromatic carbocycles. The SMILES string of the molecule is CCc1oc2ccccc2c1CNCc1cnc(C)s1. The number of benzene rings is 1. The number of fused-ring (bicyclic) bond motifs is 1. The van der Waals surface area contributed by atoms with Gasteiger partial charge in [-0.3, -0.25) is 0 Å². The molecule has 3 rings (SSSR count). The van der Waals surface area contributed by atoms with Crippen LogP contribution in [0.2, 0.25) is 0 Å². The van der Waals surface area contributed by atoms with E-state index < -0.39 is 0 Å². The fraction of sp³-hybridized carbons (Fsp3) is 0.312. The third kappa shape index (κ3) is 2.62. The van der Waals surface area contributed by atoms with Crippen molar-refractivity contribution in [3.63, 3.8) is 0 Å². The van der Waals surface area contributed by atoms with Crippen molar-refractivity contribution < 1.29 is 4.42 Å². The lowest BCUT2D eigenvalue weighted by Crippen LogP contribution is -2.12. The second-order valence-electron chi connectivity index (χ2n) is 4.80. The highest BCUT2D eigenvalue weighted by atomic mass is 32.1. The number of rotatable bonds is 5. The molecule has 0 unspecified atom stereocenters. The van der Waals surface area contributed by atoms with Crippen LogP contribution in [-0.2, 0) is 19.5 Å². The predicted molar refractivity (Wildman–Crippen MR) is 83.0 cm³/mol. The van der Waals surface area contributed by atoms with Crippen molar-refractivity contribution in [2.75, 3.05) is 0 Å². The maximum Gasteiger partial charge on any atom is 0.134 e. The zero-order valence-corrected chi connectivity index (χ0v) is 12.6. The van der Waals surface area contributed by atoms with Gasteiger partial charge in [0.15, 0.2) is 0 Å². The summed E-state index contributed by atoms with van der Waals surface area (Å²) in [7, 11) is 0. The number of para-hydroxylation sites is 1. The van der Waals surface area contributed by atoms with Crippen molar-refractivity contribution in [3.8, 4) is 0 Å². The number of furan rings is 1. The number of thiazole rings is 1. The van der Waals surface area contributed by atoms with Crippen LogP contribution < -0.4 is 5.32 Å². The summed E-state index contributed by atoms with van der Waals surface area (Å²) < 4.78 is 5.91. The van der Waals surface area contributed by atoms with Gasteiger partial charge in [-0.05, 0) is 13.0 Å². The highest BCUT2D eigenvalue weighted by Gasteiger charge is 2.11. The summed E-state index contributed by atoms with van der Waals surface area (Å²) in [6.45, 7) is 5.85. The van der Waals surface area contributed by atoms with Crippen LogP contribution in [0.25, 0.3) is 11.0 Å². The Hall–Kier alpha value is -1.65. The molecular weight excluding hydrogens is 268 g/mol. The minimum atomic E-state index is 0.830. The van der Waals surface area contributed by atoms with Gasteiger partial charge >= 0.3 is 0 Å². The summed E-state index contributed by atoms with van der Waals surface area (Å²) in [6, 6.07) is 8.24. The molecule has 0 amide bonds. The molecule has 3 aromatic rings. The van der Waals surface area contributed by atoms with E-state index >= 15 is 0 Å². The molecule has 20 heavy (non-hydrogen) atoms. The number of aromatic nitrogens is 1. The summed E-state index contributed by atoms with van der Waals surface area (Å²) in [6.07, 6.45) is 2.87. The Bertz CT molecular complexity index is 714. The Morgan fingerprint density at radius 1 is 1.25 bits per heavy atom. The van der Waals surface area contributed by atoms with Crippen molar-refractivity contribution in [1.82, 2.24) is 10.3 Å². The lowest BCUT2D eigenvalue weighted by Gasteiger charge is -2.03. The van der Waals surface area contributed by atoms with Crippen LogP contribution in [0.15, 0.2) is 34.9 Å². The quantitative estimate of drug-likeness (QED) is 0.769. The van der Waals surface area contributed by atoms with E-state index in [1.54, 1.807) is 11.3 Å². The van der Waals surface area contributed by atoms with E-state index in [4.69, 9.17) is 4.42 Å². The standard InChI is InChI=1S/C16H18N2OS/c1-3-15-14(13-6-4-5-7-16(13)19-15)10-17-8-12-9-18-11(2)20-12/h4-7,9,17H,3,8,10H2,1-2H3. The van der Waals surface area contributed by atoms with E-state index in [2.05, 4.69) is 29.4 Å². The fourth-order valence-corrected chi connectivity index (χ4v) is 3.19. The molecule has 0 saturated heterocycles. The summed E-state index contributed by atoms with van der Waals surface area (Å²) in [5.41, 5.74) is 2.26. The molecule has 0 aliphatic carbocycles. The van der Waals surface area contributed by atoms with Gasteiger partial charge in [-0.2, -0.15) is 0 Å². The molecule has 0 fully saturated rings. The van der Waals surface area contributed by atoms with Gasteiger partial charge in [-0.15, -0.1) is 11.3 Å². The average Bonchev–Trinajstić information content (AvgIpc) is 3.03. The first-order valence-corrected chi connectivity index (χ1v) is 7.71. The van der Waals surface area contributed by atoms with Crippen LogP contribution >= 0.6 is 11.3 Å². The van der Waals surface area contributed by atoms with Crippen LogP contribution in [0, 0.1) is 6.92 Å². The molecular formula is C16H18N2OS. The smallest absolute Gasteiger partial charge is 0.134 e. The monoisotopic (exact) mass is 286 g/mol. The van der Waals surface area contributed by atoms with Gasteiger partial charge in [0.2, 0.25) is 0 Å². The second kappa shape index (κ2) is 5.77. The normalized spacial score (nSPS) is 11.3. The molecule has 1 N–H and O–H groups in total. The zero-order valence-electron chi connectivity index (χ0n) is 11.8. The Labute approximate surface area is 122 Å². The van der Waals surface area contributed by atoms with Crippen LogP contribution in [0.4, 0.5) is 0 Å². The number of nitrogens with one attached hydrogen (secondary N) is 1. The van der Waals surface area contributed by atoms with Crippen molar-refractivity contribution >= 4 is 22.3 Å². The van der Waals surface area contributed by atoms with Crippen molar-refractivity contribution in [3.05, 3.63) is 51.7 Å². The highest BCUT2D eigenvalue weighted by Crippen LogP contribution is 2.26. The second-order valence-corrected chi connectivity index (χ2v) is 6.12. The van der Waals surface area contributed by atoms with Gasteiger partial charge in [-0.1, -0.05) is 25.1 Å². The fourth-order valence-electron chi connectivity index (χ4n) is 2.43. The molecule has 104 valence electrons. The van der Waals surface area contributed by atoms with Gasteiger partial charge in [0.25, 0.3) is 0 Å². The van der Waals surface area contributed by atoms with E-state index in [-0.39, 0.29) is 0 Å². The van der Waals surface area contributed by atoms with Crippen LogP contribution in [0.5, 0.6) is 0 Å². The molecule has 0 atom stereocenters. The molecule has 3 nitrogen and oxygen atoms in total. The molecule has 2 aromatic heterocycles. The number of hydrogen-bond donors (Lipinski definition) is 1. The Kier molecular flexibility index (Phi) is 3.85. The lowest BCUT2D eigenvalue weighted by molar-refractivity contribution is 0.544. The van der Waals surface area contributed by atoms with Gasteiger partial charge in [-0.25, -0.2) is 4.98 Å². The van der Waals surface area contributed by atoms with Crippen molar-refractivity contribution in [2.24, 2.45) is 0 Å². The largest absolute Gasteiger partial charge is 0.461 e. The molecule has 0 spiro atoms. The van der Waals surface area contributed by atoms with Crippen molar-refractivity contribution in [1.29, 1.82) is 0 Å². The molecule has 0 aliphatic rings. The molecule has 0 radical (unpaired) electrons. The molecule has 0 aliphatic heterocycles. The Balaban J connectivity index is 1.76. The summed E-state index contributed by atoms with van der Waals surface area (Å²) in [5.74, 6) is 1.08.